The van der Waals surface area contributed by atoms with E-state index in [2.05, 4.69) is 26.0 Å². The van der Waals surface area contributed by atoms with Crippen molar-refractivity contribution in [2.45, 2.75) is 103 Å². The second-order valence-electron chi connectivity index (χ2n) is 9.16. The number of hydrogen-bond acceptors (Lipinski definition) is 2. The van der Waals surface area contributed by atoms with E-state index in [0.29, 0.717) is 12.2 Å². The maximum absolute atomic E-state index is 6.25. The van der Waals surface area contributed by atoms with Crippen LogP contribution in [0.1, 0.15) is 90.9 Å². The molecule has 2 saturated carbocycles. The fourth-order valence-electron chi connectivity index (χ4n) is 5.64. The zero-order valence-corrected chi connectivity index (χ0v) is 17.3. The van der Waals surface area contributed by atoms with Gasteiger partial charge in [0, 0.05) is 6.61 Å². The van der Waals surface area contributed by atoms with Gasteiger partial charge >= 0.3 is 0 Å². The highest BCUT2D eigenvalue weighted by Crippen LogP contribution is 2.37. The van der Waals surface area contributed by atoms with Crippen LogP contribution in [0.3, 0.4) is 0 Å². The van der Waals surface area contributed by atoms with Gasteiger partial charge in [-0.2, -0.15) is 0 Å². The first-order valence-electron chi connectivity index (χ1n) is 11.7. The monoisotopic (exact) mass is 362 g/mol. The average molecular weight is 363 g/mol. The third-order valence-corrected chi connectivity index (χ3v) is 7.32. The summed E-state index contributed by atoms with van der Waals surface area (Å²) in [4.78, 5) is 0. The summed E-state index contributed by atoms with van der Waals surface area (Å²) in [6.07, 6.45) is 22.1. The van der Waals surface area contributed by atoms with Gasteiger partial charge in [-0.15, -0.1) is 0 Å². The Balaban J connectivity index is 1.33. The molecule has 1 saturated heterocycles. The van der Waals surface area contributed by atoms with Crippen molar-refractivity contribution in [3.8, 4) is 0 Å². The molecule has 0 spiro atoms. The highest BCUT2D eigenvalue weighted by Gasteiger charge is 2.31. The molecule has 2 nitrogen and oxygen atoms in total. The Labute approximate surface area is 162 Å². The topological polar surface area (TPSA) is 18.5 Å². The minimum Gasteiger partial charge on any atom is -0.379 e. The summed E-state index contributed by atoms with van der Waals surface area (Å²) in [5.41, 5.74) is 0. The molecule has 0 N–H and O–H groups in total. The van der Waals surface area contributed by atoms with E-state index < -0.39 is 0 Å². The van der Waals surface area contributed by atoms with Gasteiger partial charge in [-0.05, 0) is 94.8 Å². The van der Waals surface area contributed by atoms with Gasteiger partial charge in [-0.25, -0.2) is 0 Å². The lowest BCUT2D eigenvalue weighted by Crippen LogP contribution is -2.33. The van der Waals surface area contributed by atoms with Gasteiger partial charge in [0.05, 0.1) is 18.8 Å². The zero-order valence-electron chi connectivity index (χ0n) is 17.3. The van der Waals surface area contributed by atoms with Crippen molar-refractivity contribution < 1.29 is 9.47 Å². The molecule has 3 aliphatic rings. The van der Waals surface area contributed by atoms with Crippen molar-refractivity contribution >= 4 is 0 Å². The standard InChI is InChI=1S/C24H42O2/c1-3-5-19-6-8-20(9-7-19)10-14-24-17-13-22(18-26-24)21-11-15-23(16-12-21)25-4-2/h10,14,19-24H,3-9,11-13,15-18H2,1-2H3/b14-10+. The minimum absolute atomic E-state index is 0.388. The summed E-state index contributed by atoms with van der Waals surface area (Å²) in [5.74, 6) is 3.50. The molecule has 0 radical (unpaired) electrons. The van der Waals surface area contributed by atoms with Crippen molar-refractivity contribution in [1.82, 2.24) is 0 Å². The molecule has 26 heavy (non-hydrogen) atoms. The Kier molecular flexibility index (Phi) is 8.52. The minimum atomic E-state index is 0.388. The molecule has 0 amide bonds. The lowest BCUT2D eigenvalue weighted by Gasteiger charge is -2.37. The number of rotatable bonds is 7. The van der Waals surface area contributed by atoms with Crippen LogP contribution in [-0.4, -0.2) is 25.4 Å². The van der Waals surface area contributed by atoms with Gasteiger partial charge < -0.3 is 9.47 Å². The number of hydrogen-bond donors (Lipinski definition) is 0. The van der Waals surface area contributed by atoms with Crippen molar-refractivity contribution in [2.75, 3.05) is 13.2 Å². The summed E-state index contributed by atoms with van der Waals surface area (Å²) in [7, 11) is 0. The van der Waals surface area contributed by atoms with E-state index in [0.717, 1.165) is 36.9 Å². The van der Waals surface area contributed by atoms with Crippen LogP contribution < -0.4 is 0 Å². The molecule has 2 unspecified atom stereocenters. The van der Waals surface area contributed by atoms with Crippen molar-refractivity contribution in [3.05, 3.63) is 12.2 Å². The van der Waals surface area contributed by atoms with Gasteiger partial charge in [-0.3, -0.25) is 0 Å². The lowest BCUT2D eigenvalue weighted by atomic mass is 9.76. The van der Waals surface area contributed by atoms with Gasteiger partial charge in [0.2, 0.25) is 0 Å². The molecule has 1 heterocycles. The molecule has 0 bridgehead atoms. The van der Waals surface area contributed by atoms with E-state index in [1.54, 1.807) is 0 Å². The van der Waals surface area contributed by atoms with Crippen LogP contribution in [-0.2, 0) is 9.47 Å². The molecule has 2 heteroatoms. The highest BCUT2D eigenvalue weighted by molar-refractivity contribution is 4.97. The van der Waals surface area contributed by atoms with Crippen molar-refractivity contribution in [2.24, 2.45) is 23.7 Å². The quantitative estimate of drug-likeness (QED) is 0.479. The van der Waals surface area contributed by atoms with Crippen molar-refractivity contribution in [3.63, 3.8) is 0 Å². The Morgan fingerprint density at radius 1 is 0.808 bits per heavy atom. The summed E-state index contributed by atoms with van der Waals surface area (Å²) in [6, 6.07) is 0. The molecule has 0 aromatic heterocycles. The largest absolute Gasteiger partial charge is 0.379 e. The smallest absolute Gasteiger partial charge is 0.0756 e. The Bertz CT molecular complexity index is 394. The highest BCUT2D eigenvalue weighted by atomic mass is 16.5. The Morgan fingerprint density at radius 3 is 2.15 bits per heavy atom. The number of allylic oxidation sites excluding steroid dienone is 1. The van der Waals surface area contributed by atoms with Crippen LogP contribution in [0.25, 0.3) is 0 Å². The summed E-state index contributed by atoms with van der Waals surface area (Å²) < 4.78 is 12.1. The third-order valence-electron chi connectivity index (χ3n) is 7.32. The molecule has 0 aromatic rings. The first-order valence-corrected chi connectivity index (χ1v) is 11.7. The molecule has 2 aliphatic carbocycles. The molecular formula is C24H42O2. The summed E-state index contributed by atoms with van der Waals surface area (Å²) in [6.45, 7) is 6.30. The van der Waals surface area contributed by atoms with Crippen LogP contribution in [0, 0.1) is 23.7 Å². The third kappa shape index (κ3) is 6.09. The van der Waals surface area contributed by atoms with E-state index in [9.17, 15) is 0 Å². The Hall–Kier alpha value is -0.340. The first kappa shape index (κ1) is 20.4. The molecule has 2 atom stereocenters. The van der Waals surface area contributed by atoms with Gasteiger partial charge in [0.25, 0.3) is 0 Å². The second-order valence-corrected chi connectivity index (χ2v) is 9.16. The van der Waals surface area contributed by atoms with E-state index in [1.807, 2.05) is 0 Å². The second kappa shape index (κ2) is 10.9. The molecule has 3 fully saturated rings. The number of ether oxygens (including phenoxy) is 2. The predicted octanol–water partition coefficient (Wildman–Crippen LogP) is 6.54. The zero-order chi connectivity index (χ0) is 18.2. The fraction of sp³-hybridized carbons (Fsp3) is 0.917. The predicted molar refractivity (Wildman–Crippen MR) is 109 cm³/mol. The maximum atomic E-state index is 6.25. The summed E-state index contributed by atoms with van der Waals surface area (Å²) >= 11 is 0. The van der Waals surface area contributed by atoms with E-state index in [4.69, 9.17) is 9.47 Å². The van der Waals surface area contributed by atoms with Crippen molar-refractivity contribution in [1.29, 1.82) is 0 Å². The van der Waals surface area contributed by atoms with Crippen LogP contribution in [0.5, 0.6) is 0 Å². The molecule has 0 aromatic carbocycles. The van der Waals surface area contributed by atoms with Crippen LogP contribution >= 0.6 is 0 Å². The molecule has 1 aliphatic heterocycles. The van der Waals surface area contributed by atoms with Gasteiger partial charge in [0.1, 0.15) is 0 Å². The lowest BCUT2D eigenvalue weighted by molar-refractivity contribution is -0.0319. The first-order chi connectivity index (χ1) is 12.8. The average Bonchev–Trinajstić information content (AvgIpc) is 2.69. The molecular weight excluding hydrogens is 320 g/mol. The van der Waals surface area contributed by atoms with E-state index in [-0.39, 0.29) is 0 Å². The summed E-state index contributed by atoms with van der Waals surface area (Å²) in [5, 5.41) is 0. The van der Waals surface area contributed by atoms with Crippen LogP contribution in [0.4, 0.5) is 0 Å². The van der Waals surface area contributed by atoms with Crippen LogP contribution in [0.2, 0.25) is 0 Å². The van der Waals surface area contributed by atoms with Crippen LogP contribution in [0.15, 0.2) is 12.2 Å². The van der Waals surface area contributed by atoms with E-state index >= 15 is 0 Å². The molecule has 150 valence electrons. The SMILES string of the molecule is CCCC1CCC(/C=C/C2CCC(C3CCC(OCC)CC3)CO2)CC1. The Morgan fingerprint density at radius 2 is 1.54 bits per heavy atom. The van der Waals surface area contributed by atoms with Gasteiger partial charge in [0.15, 0.2) is 0 Å². The van der Waals surface area contributed by atoms with E-state index in [1.165, 1.54) is 77.0 Å². The maximum Gasteiger partial charge on any atom is 0.0756 e. The fourth-order valence-corrected chi connectivity index (χ4v) is 5.64. The normalized spacial score (nSPS) is 39.3. The van der Waals surface area contributed by atoms with Gasteiger partial charge in [-0.1, -0.05) is 31.9 Å². The molecule has 3 rings (SSSR count).